The summed E-state index contributed by atoms with van der Waals surface area (Å²) in [6.07, 6.45) is 0.629. The molecule has 204 valence electrons. The average molecular weight is 533 g/mol. The molecule has 7 nitrogen and oxygen atoms in total. The van der Waals surface area contributed by atoms with E-state index in [1.54, 1.807) is 18.2 Å². The number of likely N-dealkylation sites (tertiary alicyclic amines) is 1. The Kier molecular flexibility index (Phi) is 8.99. The number of carbonyl (C=O) groups excluding carboxylic acids is 2. The van der Waals surface area contributed by atoms with Crippen molar-refractivity contribution in [3.63, 3.8) is 0 Å². The van der Waals surface area contributed by atoms with E-state index >= 15 is 0 Å². The van der Waals surface area contributed by atoms with Gasteiger partial charge in [-0.15, -0.1) is 0 Å². The first-order chi connectivity index (χ1) is 18.8. The molecule has 1 aliphatic heterocycles. The lowest BCUT2D eigenvalue weighted by atomic mass is 9.95. The second-order valence-electron chi connectivity index (χ2n) is 9.57. The quantitative estimate of drug-likeness (QED) is 0.208. The topological polar surface area (TPSA) is 79.3 Å². The highest BCUT2D eigenvalue weighted by Gasteiger charge is 2.46. The van der Waals surface area contributed by atoms with E-state index in [0.29, 0.717) is 49.8 Å². The first-order valence-electron chi connectivity index (χ1n) is 12.9. The predicted octanol–water partition coefficient (Wildman–Crippen LogP) is 5.18. The van der Waals surface area contributed by atoms with Crippen molar-refractivity contribution in [2.24, 2.45) is 0 Å². The maximum atomic E-state index is 13.5. The molecule has 0 aliphatic carbocycles. The fraction of sp³-hybridized carbons (Fsp3) is 0.290. The number of carbonyl (C=O) groups is 2. The normalized spacial score (nSPS) is 16.6. The van der Waals surface area contributed by atoms with Gasteiger partial charge in [0.25, 0.3) is 11.7 Å². The van der Waals surface area contributed by atoms with Crippen LogP contribution in [-0.2, 0) is 16.2 Å². The van der Waals surface area contributed by atoms with Crippen LogP contribution in [0.1, 0.15) is 36.1 Å². The zero-order chi connectivity index (χ0) is 27.9. The minimum Gasteiger partial charge on any atom is -0.507 e. The van der Waals surface area contributed by atoms with E-state index in [0.717, 1.165) is 5.56 Å². The number of ether oxygens (including phenoxy) is 2. The summed E-state index contributed by atoms with van der Waals surface area (Å²) in [6, 6.07) is 19.3. The molecule has 1 saturated heterocycles. The molecule has 0 spiro atoms. The van der Waals surface area contributed by atoms with Gasteiger partial charge in [-0.25, -0.2) is 4.39 Å². The number of hydrogen-bond donors (Lipinski definition) is 1. The van der Waals surface area contributed by atoms with Crippen molar-refractivity contribution in [3.8, 4) is 11.5 Å². The number of aliphatic hydroxyl groups excluding tert-OH is 1. The Hall–Kier alpha value is -4.17. The number of benzene rings is 3. The van der Waals surface area contributed by atoms with Crippen molar-refractivity contribution in [3.05, 3.63) is 101 Å². The number of aliphatic hydroxyl groups is 1. The summed E-state index contributed by atoms with van der Waals surface area (Å²) in [6.45, 7) is 3.60. The number of amides is 1. The summed E-state index contributed by atoms with van der Waals surface area (Å²) in [5.74, 6) is -1.31. The highest BCUT2D eigenvalue weighted by atomic mass is 19.1. The highest BCUT2D eigenvalue weighted by molar-refractivity contribution is 6.46. The third kappa shape index (κ3) is 6.46. The predicted molar refractivity (Wildman–Crippen MR) is 147 cm³/mol. The van der Waals surface area contributed by atoms with E-state index in [-0.39, 0.29) is 16.9 Å². The van der Waals surface area contributed by atoms with Crippen molar-refractivity contribution in [2.45, 2.75) is 26.0 Å². The van der Waals surface area contributed by atoms with Crippen LogP contribution in [0.2, 0.25) is 0 Å². The molecule has 1 N–H and O–H groups in total. The van der Waals surface area contributed by atoms with Crippen LogP contribution in [0.25, 0.3) is 5.76 Å². The second-order valence-corrected chi connectivity index (χ2v) is 9.57. The van der Waals surface area contributed by atoms with Gasteiger partial charge in [0.15, 0.2) is 11.5 Å². The minimum absolute atomic E-state index is 0.0446. The fourth-order valence-electron chi connectivity index (χ4n) is 4.60. The van der Waals surface area contributed by atoms with Gasteiger partial charge in [-0.2, -0.15) is 0 Å². The molecule has 0 bridgehead atoms. The van der Waals surface area contributed by atoms with E-state index in [1.165, 1.54) is 29.2 Å². The highest BCUT2D eigenvalue weighted by Crippen LogP contribution is 2.42. The van der Waals surface area contributed by atoms with E-state index in [1.807, 2.05) is 56.3 Å². The number of rotatable bonds is 11. The summed E-state index contributed by atoms with van der Waals surface area (Å²) in [5, 5.41) is 11.2. The lowest BCUT2D eigenvalue weighted by molar-refractivity contribution is -0.139. The summed E-state index contributed by atoms with van der Waals surface area (Å²) >= 11 is 0. The molecule has 0 aromatic heterocycles. The molecule has 0 saturated carbocycles. The third-order valence-electron chi connectivity index (χ3n) is 6.48. The Morgan fingerprint density at radius 1 is 0.974 bits per heavy atom. The molecule has 0 radical (unpaired) electrons. The summed E-state index contributed by atoms with van der Waals surface area (Å²) < 4.78 is 25.5. The van der Waals surface area contributed by atoms with Gasteiger partial charge in [0, 0.05) is 12.1 Å². The van der Waals surface area contributed by atoms with Crippen molar-refractivity contribution < 1.29 is 28.6 Å². The van der Waals surface area contributed by atoms with Gasteiger partial charge in [0.2, 0.25) is 0 Å². The Morgan fingerprint density at radius 2 is 1.69 bits per heavy atom. The molecule has 8 heteroatoms. The maximum absolute atomic E-state index is 13.5. The van der Waals surface area contributed by atoms with Gasteiger partial charge >= 0.3 is 0 Å². The Balaban J connectivity index is 1.75. The van der Waals surface area contributed by atoms with Crippen LogP contribution in [-0.4, -0.2) is 60.4 Å². The molecular weight excluding hydrogens is 499 g/mol. The molecule has 3 aromatic carbocycles. The van der Waals surface area contributed by atoms with E-state index in [4.69, 9.17) is 9.47 Å². The van der Waals surface area contributed by atoms with Gasteiger partial charge in [0.05, 0.1) is 18.2 Å². The molecule has 1 fully saturated rings. The third-order valence-corrected chi connectivity index (χ3v) is 6.48. The molecule has 1 unspecified atom stereocenters. The van der Waals surface area contributed by atoms with Crippen LogP contribution in [0.15, 0.2) is 78.4 Å². The minimum atomic E-state index is -0.848. The molecular formula is C31H33FN2O5. The van der Waals surface area contributed by atoms with Crippen LogP contribution >= 0.6 is 0 Å². The SMILES string of the molecule is CCOc1cc(C2C(=C(O)c3ccc(F)cc3)C(=O)C(=O)N2CCCN(C)C)ccc1OCc1ccccc1. The molecule has 1 amide bonds. The van der Waals surface area contributed by atoms with Crippen LogP contribution in [0.3, 0.4) is 0 Å². The zero-order valence-electron chi connectivity index (χ0n) is 22.4. The molecule has 4 rings (SSSR count). The summed E-state index contributed by atoms with van der Waals surface area (Å²) in [7, 11) is 3.87. The van der Waals surface area contributed by atoms with Gasteiger partial charge in [0.1, 0.15) is 18.2 Å². The van der Waals surface area contributed by atoms with E-state index in [2.05, 4.69) is 0 Å². The van der Waals surface area contributed by atoms with Gasteiger partial charge in [-0.1, -0.05) is 36.4 Å². The van der Waals surface area contributed by atoms with Gasteiger partial charge < -0.3 is 24.4 Å². The van der Waals surface area contributed by atoms with Crippen molar-refractivity contribution in [1.82, 2.24) is 9.80 Å². The van der Waals surface area contributed by atoms with Crippen LogP contribution in [0.4, 0.5) is 4.39 Å². The Bertz CT molecular complexity index is 1340. The largest absolute Gasteiger partial charge is 0.507 e. The number of nitrogens with zero attached hydrogens (tertiary/aromatic N) is 2. The Labute approximate surface area is 228 Å². The monoisotopic (exact) mass is 532 g/mol. The molecule has 1 heterocycles. The summed E-state index contributed by atoms with van der Waals surface area (Å²) in [4.78, 5) is 29.9. The van der Waals surface area contributed by atoms with Crippen LogP contribution < -0.4 is 9.47 Å². The Morgan fingerprint density at radius 3 is 2.36 bits per heavy atom. The zero-order valence-corrected chi connectivity index (χ0v) is 22.4. The van der Waals surface area contributed by atoms with Crippen LogP contribution in [0.5, 0.6) is 11.5 Å². The van der Waals surface area contributed by atoms with Crippen molar-refractivity contribution >= 4 is 17.4 Å². The first kappa shape index (κ1) is 27.9. The number of Topliss-reactive ketones (excluding diaryl/α,β-unsaturated/α-hetero) is 1. The molecule has 3 aromatic rings. The van der Waals surface area contributed by atoms with E-state index < -0.39 is 23.5 Å². The lowest BCUT2D eigenvalue weighted by Gasteiger charge is -2.26. The van der Waals surface area contributed by atoms with Crippen molar-refractivity contribution in [2.75, 3.05) is 33.8 Å². The van der Waals surface area contributed by atoms with Gasteiger partial charge in [-0.3, -0.25) is 9.59 Å². The smallest absolute Gasteiger partial charge is 0.295 e. The van der Waals surface area contributed by atoms with Gasteiger partial charge in [-0.05, 0) is 81.5 Å². The van der Waals surface area contributed by atoms with Crippen LogP contribution in [0, 0.1) is 5.82 Å². The standard InChI is InChI=1S/C31H33FN2O5/c1-4-38-26-19-23(13-16-25(26)39-20-21-9-6-5-7-10-21)28-27(29(35)22-11-14-24(32)15-12-22)30(36)31(37)34(28)18-8-17-33(2)3/h5-7,9-16,19,28,35H,4,8,17-18,20H2,1-3H3. The fourth-order valence-corrected chi connectivity index (χ4v) is 4.60. The lowest BCUT2D eigenvalue weighted by Crippen LogP contribution is -2.32. The maximum Gasteiger partial charge on any atom is 0.295 e. The average Bonchev–Trinajstić information content (AvgIpc) is 3.18. The van der Waals surface area contributed by atoms with E-state index in [9.17, 15) is 19.1 Å². The molecule has 1 atom stereocenters. The number of hydrogen-bond acceptors (Lipinski definition) is 6. The number of ketones is 1. The molecule has 39 heavy (non-hydrogen) atoms. The molecule has 1 aliphatic rings. The van der Waals surface area contributed by atoms with Crippen molar-refractivity contribution in [1.29, 1.82) is 0 Å². The second kappa shape index (κ2) is 12.6. The summed E-state index contributed by atoms with van der Waals surface area (Å²) in [5.41, 5.74) is 1.80. The first-order valence-corrected chi connectivity index (χ1v) is 12.9. The number of halogens is 1.